The molecule has 3 aliphatic rings. The lowest BCUT2D eigenvalue weighted by molar-refractivity contribution is -0.181. The summed E-state index contributed by atoms with van der Waals surface area (Å²) in [6.07, 6.45) is 0.112. The van der Waals surface area contributed by atoms with Crippen molar-refractivity contribution < 1.29 is 34.2 Å². The number of primary amides is 1. The SMILES string of the molecule is CN(C)c1cc(NC(N)=NCc2ccccc2)c(O)c2c1CC1CC3C(N(C)C)C(=O)C(C(N)=O)C(=O)C3(O)C(=O)C1C2=O. The Bertz CT molecular complexity index is 1600. The third kappa shape index (κ3) is 4.72. The van der Waals surface area contributed by atoms with Gasteiger partial charge in [-0.25, -0.2) is 4.99 Å². The van der Waals surface area contributed by atoms with Crippen molar-refractivity contribution >= 4 is 46.4 Å². The number of fused-ring (bicyclic) bond motifs is 3. The Hall–Kier alpha value is -4.62. The molecule has 13 heteroatoms. The summed E-state index contributed by atoms with van der Waals surface area (Å²) in [6.45, 7) is 0.264. The quantitative estimate of drug-likeness (QED) is 0.127. The molecule has 6 atom stereocenters. The standard InChI is InChI=1S/C31H36N6O7/c1-36(2)19-12-18(35-30(33)34-13-14-8-6-5-7-9-14)24(38)21-16(19)10-15-11-17-23(37(3)4)26(40)22(29(32)43)28(42)31(17,44)27(41)20(15)25(21)39/h5-9,12,15,17,20,22-23,38,44H,10-11,13H2,1-4H3,(H2,32,43)(H3,33,34,35). The van der Waals surface area contributed by atoms with E-state index in [1.54, 1.807) is 39.2 Å². The number of carbonyl (C=O) groups excluding carboxylic acids is 5. The number of phenols is 1. The van der Waals surface area contributed by atoms with Crippen LogP contribution in [0.4, 0.5) is 11.4 Å². The van der Waals surface area contributed by atoms with E-state index in [1.165, 1.54) is 4.90 Å². The fraction of sp³-hybridized carbons (Fsp3) is 0.419. The lowest BCUT2D eigenvalue weighted by Gasteiger charge is -2.52. The number of hydrogen-bond donors (Lipinski definition) is 5. The molecule has 0 saturated heterocycles. The van der Waals surface area contributed by atoms with Gasteiger partial charge in [0.15, 0.2) is 40.6 Å². The molecule has 6 unspecified atom stereocenters. The normalized spacial score (nSPS) is 28.3. The Morgan fingerprint density at radius 3 is 2.32 bits per heavy atom. The van der Waals surface area contributed by atoms with E-state index >= 15 is 0 Å². The largest absolute Gasteiger partial charge is 0.505 e. The average Bonchev–Trinajstić information content (AvgIpc) is 2.95. The number of hydrogen-bond acceptors (Lipinski definition) is 10. The van der Waals surface area contributed by atoms with Crippen molar-refractivity contribution in [1.29, 1.82) is 0 Å². The molecule has 0 radical (unpaired) electrons. The highest BCUT2D eigenvalue weighted by molar-refractivity contribution is 6.32. The van der Waals surface area contributed by atoms with E-state index in [4.69, 9.17) is 11.5 Å². The minimum atomic E-state index is -2.79. The molecule has 2 fully saturated rings. The highest BCUT2D eigenvalue weighted by Crippen LogP contribution is 2.52. The maximum absolute atomic E-state index is 14.1. The van der Waals surface area contributed by atoms with Crippen LogP contribution in [0.3, 0.4) is 0 Å². The monoisotopic (exact) mass is 604 g/mol. The molecule has 5 rings (SSSR count). The molecule has 0 aromatic heterocycles. The number of nitrogens with zero attached hydrogens (tertiary/aromatic N) is 3. The number of amides is 1. The molecule has 13 nitrogen and oxygen atoms in total. The third-order valence-corrected chi connectivity index (χ3v) is 9.06. The Morgan fingerprint density at radius 2 is 1.73 bits per heavy atom. The number of phenolic OH excluding ortho intramolecular Hbond substituents is 1. The fourth-order valence-corrected chi connectivity index (χ4v) is 7.08. The van der Waals surface area contributed by atoms with Crippen LogP contribution in [0.2, 0.25) is 0 Å². The third-order valence-electron chi connectivity index (χ3n) is 9.06. The molecule has 2 saturated carbocycles. The first-order valence-electron chi connectivity index (χ1n) is 14.2. The number of guanidine groups is 1. The van der Waals surface area contributed by atoms with Crippen LogP contribution in [-0.2, 0) is 32.1 Å². The van der Waals surface area contributed by atoms with Crippen molar-refractivity contribution in [3.63, 3.8) is 0 Å². The van der Waals surface area contributed by atoms with Crippen LogP contribution in [0.15, 0.2) is 41.4 Å². The second-order valence-corrected chi connectivity index (χ2v) is 12.1. The zero-order chi connectivity index (χ0) is 32.2. The maximum atomic E-state index is 14.1. The van der Waals surface area contributed by atoms with E-state index in [2.05, 4.69) is 10.3 Å². The van der Waals surface area contributed by atoms with Gasteiger partial charge < -0.3 is 31.9 Å². The van der Waals surface area contributed by atoms with Gasteiger partial charge in [-0.15, -0.1) is 0 Å². The lowest BCUT2D eigenvalue weighted by Crippen LogP contribution is -2.74. The summed E-state index contributed by atoms with van der Waals surface area (Å²) < 4.78 is 0. The van der Waals surface area contributed by atoms with E-state index in [-0.39, 0.29) is 36.6 Å². The van der Waals surface area contributed by atoms with Crippen molar-refractivity contribution in [2.24, 2.45) is 40.1 Å². The molecule has 0 aliphatic heterocycles. The molecule has 2 aromatic carbocycles. The maximum Gasteiger partial charge on any atom is 0.235 e. The fourth-order valence-electron chi connectivity index (χ4n) is 7.08. The summed E-state index contributed by atoms with van der Waals surface area (Å²) in [5.74, 6) is -11.1. The summed E-state index contributed by atoms with van der Waals surface area (Å²) in [5, 5.41) is 26.0. The Morgan fingerprint density at radius 1 is 1.07 bits per heavy atom. The predicted octanol–water partition coefficient (Wildman–Crippen LogP) is -0.140. The van der Waals surface area contributed by atoms with Crippen LogP contribution in [0, 0.1) is 23.7 Å². The predicted molar refractivity (Wildman–Crippen MR) is 161 cm³/mol. The van der Waals surface area contributed by atoms with Crippen molar-refractivity contribution in [1.82, 2.24) is 4.90 Å². The minimum absolute atomic E-state index is 0.0227. The summed E-state index contributed by atoms with van der Waals surface area (Å²) in [4.78, 5) is 74.7. The molecular weight excluding hydrogens is 568 g/mol. The molecule has 232 valence electrons. The molecule has 3 aliphatic carbocycles. The van der Waals surface area contributed by atoms with Crippen molar-refractivity contribution in [3.05, 3.63) is 53.1 Å². The summed E-state index contributed by atoms with van der Waals surface area (Å²) >= 11 is 0. The lowest BCUT2D eigenvalue weighted by atomic mass is 9.52. The Kier molecular flexibility index (Phi) is 7.80. The number of aliphatic hydroxyl groups is 1. The van der Waals surface area contributed by atoms with Crippen LogP contribution in [0.25, 0.3) is 0 Å². The Balaban J connectivity index is 1.57. The molecule has 0 bridgehead atoms. The number of carbonyl (C=O) groups is 5. The summed E-state index contributed by atoms with van der Waals surface area (Å²) in [6, 6.07) is 9.83. The van der Waals surface area contributed by atoms with Gasteiger partial charge in [0.1, 0.15) is 5.75 Å². The molecular formula is C31H36N6O7. The van der Waals surface area contributed by atoms with Crippen LogP contribution in [0.5, 0.6) is 5.75 Å². The number of likely N-dealkylation sites (N-methyl/N-ethyl adjacent to an activating group) is 1. The number of benzene rings is 2. The van der Waals surface area contributed by atoms with Gasteiger partial charge in [-0.05, 0) is 50.0 Å². The van der Waals surface area contributed by atoms with Gasteiger partial charge in [0.05, 0.1) is 29.8 Å². The molecule has 2 aromatic rings. The topological polar surface area (TPSA) is 209 Å². The van der Waals surface area contributed by atoms with E-state index in [9.17, 15) is 34.2 Å². The first kappa shape index (κ1) is 30.8. The van der Waals surface area contributed by atoms with Gasteiger partial charge >= 0.3 is 0 Å². The minimum Gasteiger partial charge on any atom is -0.505 e. The second-order valence-electron chi connectivity index (χ2n) is 12.1. The highest BCUT2D eigenvalue weighted by atomic mass is 16.3. The number of aromatic hydroxyl groups is 1. The van der Waals surface area contributed by atoms with Crippen molar-refractivity contribution in [2.45, 2.75) is 31.0 Å². The van der Waals surface area contributed by atoms with E-state index in [1.807, 2.05) is 30.3 Å². The molecule has 0 spiro atoms. The number of Topliss-reactive ketones (excluding diaryl/α,β-unsaturated/α-hetero) is 4. The van der Waals surface area contributed by atoms with Crippen LogP contribution >= 0.6 is 0 Å². The molecule has 44 heavy (non-hydrogen) atoms. The van der Waals surface area contributed by atoms with Gasteiger partial charge in [0.25, 0.3) is 0 Å². The van der Waals surface area contributed by atoms with Gasteiger partial charge in [-0.2, -0.15) is 0 Å². The van der Waals surface area contributed by atoms with Gasteiger partial charge in [-0.3, -0.25) is 28.9 Å². The number of nitrogens with one attached hydrogen (secondary N) is 1. The first-order chi connectivity index (χ1) is 20.7. The van der Waals surface area contributed by atoms with Gasteiger partial charge in [0, 0.05) is 25.7 Å². The zero-order valence-corrected chi connectivity index (χ0v) is 24.9. The summed E-state index contributed by atoms with van der Waals surface area (Å²) in [5.41, 5.74) is 10.6. The number of rotatable bonds is 6. The average molecular weight is 605 g/mol. The van der Waals surface area contributed by atoms with E-state index in [0.717, 1.165) is 5.56 Å². The van der Waals surface area contributed by atoms with E-state index in [0.29, 0.717) is 11.3 Å². The highest BCUT2D eigenvalue weighted by Gasteiger charge is 2.69. The molecule has 0 heterocycles. The number of ketones is 4. The van der Waals surface area contributed by atoms with Crippen molar-refractivity contribution in [2.75, 3.05) is 38.4 Å². The van der Waals surface area contributed by atoms with Gasteiger partial charge in [0.2, 0.25) is 5.91 Å². The Labute approximate surface area is 253 Å². The van der Waals surface area contributed by atoms with Crippen LogP contribution in [-0.4, -0.2) is 89.9 Å². The number of aliphatic imine (C=N–C) groups is 1. The number of nitrogens with two attached hydrogens (primary N) is 2. The smallest absolute Gasteiger partial charge is 0.235 e. The second kappa shape index (κ2) is 11.1. The molecule has 1 amide bonds. The molecule has 7 N–H and O–H groups in total. The zero-order valence-electron chi connectivity index (χ0n) is 24.9. The van der Waals surface area contributed by atoms with Crippen LogP contribution in [0.1, 0.15) is 27.9 Å². The van der Waals surface area contributed by atoms with Crippen LogP contribution < -0.4 is 21.7 Å². The number of anilines is 2. The van der Waals surface area contributed by atoms with Gasteiger partial charge in [-0.1, -0.05) is 30.3 Å². The van der Waals surface area contributed by atoms with Crippen molar-refractivity contribution in [3.8, 4) is 5.75 Å². The first-order valence-corrected chi connectivity index (χ1v) is 14.2. The van der Waals surface area contributed by atoms with E-state index < -0.39 is 70.1 Å². The summed E-state index contributed by atoms with van der Waals surface area (Å²) in [7, 11) is 6.60.